The van der Waals surface area contributed by atoms with Gasteiger partial charge in [0.25, 0.3) is 0 Å². The Balaban J connectivity index is 1.62. The molecule has 2 aliphatic rings. The third kappa shape index (κ3) is 6.54. The van der Waals surface area contributed by atoms with Gasteiger partial charge in [-0.3, -0.25) is 14.4 Å². The first-order valence-corrected chi connectivity index (χ1v) is 13.3. The molecule has 0 spiro atoms. The first-order valence-electron chi connectivity index (χ1n) is 13.3. The molecule has 228 valence electrons. The quantitative estimate of drug-likeness (QED) is 0.433. The van der Waals surface area contributed by atoms with E-state index in [1.165, 1.54) is 30.1 Å². The first-order chi connectivity index (χ1) is 19.5. The Morgan fingerprint density at radius 1 is 0.976 bits per heavy atom. The molecule has 2 fully saturated rings. The molecule has 0 aliphatic carbocycles. The zero-order valence-electron chi connectivity index (χ0n) is 23.2. The number of piperidine rings is 1. The average molecular weight is 602 g/mol. The minimum Gasteiger partial charge on any atom is -0.341 e. The standard InChI is InChI=1S/C29H30F7N3O3/c1-16-10-20(30)4-5-21(16)23-15-39(27(42)24-6-7-25(40)38(24)3)9-8-22(23)26(41)37(2)14-17-11-18(28(31,32)33)13-19(12-17)29(34,35)36/h4-5,10-13,22-24H,6-9,14-15H2,1-3H3/t22-,23+,24-/m1/s1. The van der Waals surface area contributed by atoms with E-state index in [0.717, 1.165) is 4.90 Å². The maximum atomic E-state index is 13.9. The molecule has 0 bridgehead atoms. The monoisotopic (exact) mass is 601 g/mol. The van der Waals surface area contributed by atoms with Crippen molar-refractivity contribution in [1.29, 1.82) is 0 Å². The van der Waals surface area contributed by atoms with Gasteiger partial charge in [0.1, 0.15) is 11.9 Å². The number of alkyl halides is 6. The number of likely N-dealkylation sites (tertiary alicyclic amines) is 2. The van der Waals surface area contributed by atoms with Crippen molar-refractivity contribution in [3.8, 4) is 0 Å². The zero-order valence-corrected chi connectivity index (χ0v) is 23.2. The Kier molecular flexibility index (Phi) is 8.62. The van der Waals surface area contributed by atoms with Crippen LogP contribution in [0.4, 0.5) is 30.7 Å². The van der Waals surface area contributed by atoms with E-state index in [9.17, 15) is 45.1 Å². The molecule has 6 nitrogen and oxygen atoms in total. The highest BCUT2D eigenvalue weighted by Gasteiger charge is 2.43. The van der Waals surface area contributed by atoms with Crippen LogP contribution in [0.15, 0.2) is 36.4 Å². The summed E-state index contributed by atoms with van der Waals surface area (Å²) >= 11 is 0. The van der Waals surface area contributed by atoms with Crippen LogP contribution in [-0.2, 0) is 33.3 Å². The number of amides is 3. The fourth-order valence-corrected chi connectivity index (χ4v) is 5.87. The predicted molar refractivity (Wildman–Crippen MR) is 137 cm³/mol. The lowest BCUT2D eigenvalue weighted by molar-refractivity contribution is -0.145. The van der Waals surface area contributed by atoms with Crippen molar-refractivity contribution in [3.05, 3.63) is 70.0 Å². The Bertz CT molecular complexity index is 1340. The summed E-state index contributed by atoms with van der Waals surface area (Å²) in [5, 5.41) is 0. The molecular formula is C29H30F7N3O3. The summed E-state index contributed by atoms with van der Waals surface area (Å²) in [5.41, 5.74) is -2.18. The number of benzene rings is 2. The summed E-state index contributed by atoms with van der Waals surface area (Å²) in [5.74, 6) is -2.90. The topological polar surface area (TPSA) is 60.9 Å². The summed E-state index contributed by atoms with van der Waals surface area (Å²) in [6.45, 7) is 1.35. The largest absolute Gasteiger partial charge is 0.416 e. The highest BCUT2D eigenvalue weighted by molar-refractivity contribution is 5.91. The highest BCUT2D eigenvalue weighted by atomic mass is 19.4. The van der Waals surface area contributed by atoms with Gasteiger partial charge in [0.2, 0.25) is 17.7 Å². The fraction of sp³-hybridized carbons (Fsp3) is 0.483. The predicted octanol–water partition coefficient (Wildman–Crippen LogP) is 5.38. The lowest BCUT2D eigenvalue weighted by atomic mass is 9.78. The molecule has 2 aromatic rings. The highest BCUT2D eigenvalue weighted by Crippen LogP contribution is 2.39. The summed E-state index contributed by atoms with van der Waals surface area (Å²) < 4.78 is 94.1. The summed E-state index contributed by atoms with van der Waals surface area (Å²) in [4.78, 5) is 43.1. The Morgan fingerprint density at radius 3 is 2.12 bits per heavy atom. The van der Waals surface area contributed by atoms with Gasteiger partial charge in [0.15, 0.2) is 0 Å². The van der Waals surface area contributed by atoms with Crippen LogP contribution >= 0.6 is 0 Å². The molecule has 2 aliphatic heterocycles. The molecule has 3 atom stereocenters. The van der Waals surface area contributed by atoms with Crippen LogP contribution in [-0.4, -0.2) is 65.6 Å². The number of hydrogen-bond donors (Lipinski definition) is 0. The summed E-state index contributed by atoms with van der Waals surface area (Å²) in [6.07, 6.45) is -9.31. The van der Waals surface area contributed by atoms with Gasteiger partial charge >= 0.3 is 12.4 Å². The van der Waals surface area contributed by atoms with Crippen molar-refractivity contribution in [1.82, 2.24) is 14.7 Å². The molecule has 0 unspecified atom stereocenters. The van der Waals surface area contributed by atoms with Gasteiger partial charge < -0.3 is 14.7 Å². The molecule has 13 heteroatoms. The molecule has 2 heterocycles. The minimum absolute atomic E-state index is 0.0285. The van der Waals surface area contributed by atoms with E-state index in [-0.39, 0.29) is 49.4 Å². The molecule has 0 saturated carbocycles. The summed E-state index contributed by atoms with van der Waals surface area (Å²) in [7, 11) is 2.84. The van der Waals surface area contributed by atoms with E-state index >= 15 is 0 Å². The molecule has 0 N–H and O–H groups in total. The van der Waals surface area contributed by atoms with E-state index in [0.29, 0.717) is 29.7 Å². The number of halogens is 7. The van der Waals surface area contributed by atoms with Crippen molar-refractivity contribution < 1.29 is 45.1 Å². The number of hydrogen-bond acceptors (Lipinski definition) is 3. The van der Waals surface area contributed by atoms with Gasteiger partial charge in [0.05, 0.1) is 11.1 Å². The number of carbonyl (C=O) groups is 3. The molecule has 0 radical (unpaired) electrons. The Hall–Kier alpha value is -3.64. The second-order valence-electron chi connectivity index (χ2n) is 11.0. The Morgan fingerprint density at radius 2 is 1.60 bits per heavy atom. The van der Waals surface area contributed by atoms with Crippen LogP contribution < -0.4 is 0 Å². The average Bonchev–Trinajstić information content (AvgIpc) is 3.24. The SMILES string of the molecule is Cc1cc(F)ccc1[C@@H]1CN(C(=O)[C@H]2CCC(=O)N2C)CC[C@H]1C(=O)N(C)Cc1cc(C(F)(F)F)cc(C(F)(F)F)c1. The molecule has 4 rings (SSSR count). The third-order valence-corrected chi connectivity index (χ3v) is 8.09. The van der Waals surface area contributed by atoms with Gasteiger partial charge in [-0.25, -0.2) is 4.39 Å². The zero-order chi connectivity index (χ0) is 31.1. The second-order valence-corrected chi connectivity index (χ2v) is 11.0. The van der Waals surface area contributed by atoms with Crippen molar-refractivity contribution in [2.24, 2.45) is 5.92 Å². The van der Waals surface area contributed by atoms with E-state index in [2.05, 4.69) is 0 Å². The number of rotatable bonds is 5. The molecule has 2 saturated heterocycles. The van der Waals surface area contributed by atoms with Crippen LogP contribution in [0.1, 0.15) is 53.0 Å². The van der Waals surface area contributed by atoms with Crippen LogP contribution in [0.3, 0.4) is 0 Å². The number of likely N-dealkylation sites (N-methyl/N-ethyl adjacent to an activating group) is 1. The third-order valence-electron chi connectivity index (χ3n) is 8.09. The minimum atomic E-state index is -5.03. The number of aryl methyl sites for hydroxylation is 1. The van der Waals surface area contributed by atoms with Crippen LogP contribution in [0.5, 0.6) is 0 Å². The van der Waals surface area contributed by atoms with Crippen LogP contribution in [0.25, 0.3) is 0 Å². The van der Waals surface area contributed by atoms with Gasteiger partial charge in [-0.15, -0.1) is 0 Å². The van der Waals surface area contributed by atoms with Crippen molar-refractivity contribution >= 4 is 17.7 Å². The van der Waals surface area contributed by atoms with Gasteiger partial charge in [-0.2, -0.15) is 26.3 Å². The maximum Gasteiger partial charge on any atom is 0.416 e. The van der Waals surface area contributed by atoms with Crippen molar-refractivity contribution in [2.75, 3.05) is 27.2 Å². The molecule has 3 amide bonds. The number of carbonyl (C=O) groups excluding carboxylic acids is 3. The number of nitrogens with zero attached hydrogens (tertiary/aromatic N) is 3. The van der Waals surface area contributed by atoms with E-state index in [1.807, 2.05) is 0 Å². The maximum absolute atomic E-state index is 13.9. The molecular weight excluding hydrogens is 571 g/mol. The van der Waals surface area contributed by atoms with Gasteiger partial charge in [-0.05, 0) is 66.8 Å². The molecule has 0 aromatic heterocycles. The van der Waals surface area contributed by atoms with Gasteiger partial charge in [-0.1, -0.05) is 6.07 Å². The second kappa shape index (κ2) is 11.6. The first kappa shape index (κ1) is 31.3. The lowest BCUT2D eigenvalue weighted by Crippen LogP contribution is -2.52. The van der Waals surface area contributed by atoms with Crippen molar-refractivity contribution in [2.45, 2.75) is 57.0 Å². The molecule has 42 heavy (non-hydrogen) atoms. The summed E-state index contributed by atoms with van der Waals surface area (Å²) in [6, 6.07) is 4.57. The Labute approximate surface area is 238 Å². The lowest BCUT2D eigenvalue weighted by Gasteiger charge is -2.41. The normalized spacial score (nSPS) is 21.6. The van der Waals surface area contributed by atoms with Gasteiger partial charge in [0, 0.05) is 52.0 Å². The smallest absolute Gasteiger partial charge is 0.341 e. The van der Waals surface area contributed by atoms with E-state index in [4.69, 9.17) is 0 Å². The van der Waals surface area contributed by atoms with Crippen molar-refractivity contribution in [3.63, 3.8) is 0 Å². The fourth-order valence-electron chi connectivity index (χ4n) is 5.87. The van der Waals surface area contributed by atoms with E-state index in [1.54, 1.807) is 18.9 Å². The van der Waals surface area contributed by atoms with E-state index < -0.39 is 59.6 Å². The molecule has 2 aromatic carbocycles. The van der Waals surface area contributed by atoms with Crippen LogP contribution in [0.2, 0.25) is 0 Å². The van der Waals surface area contributed by atoms with Crippen LogP contribution in [0, 0.1) is 18.7 Å².